The third kappa shape index (κ3) is 3.25. The van der Waals surface area contributed by atoms with Gasteiger partial charge in [0.25, 0.3) is 0 Å². The van der Waals surface area contributed by atoms with Crippen LogP contribution in [0.25, 0.3) is 0 Å². The van der Waals surface area contributed by atoms with Crippen LogP contribution in [-0.4, -0.2) is 24.6 Å². The second kappa shape index (κ2) is 5.32. The molecule has 0 heterocycles. The predicted molar refractivity (Wildman–Crippen MR) is 48.8 cm³/mol. The molecule has 3 heteroatoms. The summed E-state index contributed by atoms with van der Waals surface area (Å²) in [4.78, 5) is 10.2. The zero-order chi connectivity index (χ0) is 9.52. The quantitative estimate of drug-likeness (QED) is 0.682. The van der Waals surface area contributed by atoms with Gasteiger partial charge in [-0.05, 0) is 17.7 Å². The Morgan fingerprint density at radius 1 is 1.46 bits per heavy atom. The second-order valence-electron chi connectivity index (χ2n) is 2.59. The van der Waals surface area contributed by atoms with Gasteiger partial charge in [-0.1, -0.05) is 12.1 Å². The van der Waals surface area contributed by atoms with Crippen molar-refractivity contribution < 1.29 is 14.6 Å². The Labute approximate surface area is 77.0 Å². The maximum atomic E-state index is 10.2. The van der Waals surface area contributed by atoms with E-state index in [0.29, 0.717) is 12.2 Å². The molecule has 1 N–H and O–H groups in total. The Hall–Kier alpha value is -1.35. The van der Waals surface area contributed by atoms with Gasteiger partial charge in [0.05, 0.1) is 6.61 Å². The molecule has 0 unspecified atom stereocenters. The number of hydrogen-bond donors (Lipinski definition) is 1. The number of carbonyl (C=O) groups is 1. The van der Waals surface area contributed by atoms with Gasteiger partial charge in [-0.15, -0.1) is 0 Å². The standard InChI is InChI=1S/C10H12O3/c11-5-4-9-2-1-3-10(8-9)13-7-6-12/h1-3,5,8,12H,4,6-7H2. The van der Waals surface area contributed by atoms with Crippen LogP contribution in [0.4, 0.5) is 0 Å². The maximum Gasteiger partial charge on any atom is 0.124 e. The zero-order valence-electron chi connectivity index (χ0n) is 7.27. The molecule has 3 nitrogen and oxygen atoms in total. The van der Waals surface area contributed by atoms with Crippen molar-refractivity contribution in [3.05, 3.63) is 29.8 Å². The van der Waals surface area contributed by atoms with Crippen molar-refractivity contribution >= 4 is 6.29 Å². The lowest BCUT2D eigenvalue weighted by molar-refractivity contribution is -0.107. The fraction of sp³-hybridized carbons (Fsp3) is 0.300. The fourth-order valence-corrected chi connectivity index (χ4v) is 1.02. The number of aliphatic hydroxyl groups is 1. The molecule has 0 saturated carbocycles. The first kappa shape index (κ1) is 9.74. The van der Waals surface area contributed by atoms with Gasteiger partial charge in [0.1, 0.15) is 18.6 Å². The van der Waals surface area contributed by atoms with E-state index >= 15 is 0 Å². The van der Waals surface area contributed by atoms with E-state index in [0.717, 1.165) is 11.8 Å². The molecule has 0 amide bonds. The number of carbonyl (C=O) groups excluding carboxylic acids is 1. The molecule has 0 aromatic heterocycles. The third-order valence-corrected chi connectivity index (χ3v) is 1.58. The highest BCUT2D eigenvalue weighted by Gasteiger charge is 1.95. The fourth-order valence-electron chi connectivity index (χ4n) is 1.02. The van der Waals surface area contributed by atoms with Gasteiger partial charge < -0.3 is 14.6 Å². The van der Waals surface area contributed by atoms with Crippen LogP contribution in [0.3, 0.4) is 0 Å². The molecular weight excluding hydrogens is 168 g/mol. The summed E-state index contributed by atoms with van der Waals surface area (Å²) in [7, 11) is 0. The van der Waals surface area contributed by atoms with Crippen LogP contribution in [0.1, 0.15) is 5.56 Å². The van der Waals surface area contributed by atoms with Crippen LogP contribution in [0.2, 0.25) is 0 Å². The van der Waals surface area contributed by atoms with Gasteiger partial charge in [-0.2, -0.15) is 0 Å². The van der Waals surface area contributed by atoms with E-state index in [1.807, 2.05) is 12.1 Å². The van der Waals surface area contributed by atoms with E-state index in [2.05, 4.69) is 0 Å². The van der Waals surface area contributed by atoms with Crippen LogP contribution < -0.4 is 4.74 Å². The SMILES string of the molecule is O=CCc1cccc(OCCO)c1. The number of hydrogen-bond acceptors (Lipinski definition) is 3. The lowest BCUT2D eigenvalue weighted by Gasteiger charge is -2.04. The van der Waals surface area contributed by atoms with Crippen molar-refractivity contribution in [3.8, 4) is 5.75 Å². The number of ether oxygens (including phenoxy) is 1. The average Bonchev–Trinajstić information content (AvgIpc) is 2.16. The minimum absolute atomic E-state index is 0.00208. The summed E-state index contributed by atoms with van der Waals surface area (Å²) in [5.74, 6) is 0.688. The van der Waals surface area contributed by atoms with Gasteiger partial charge in [-0.3, -0.25) is 0 Å². The summed E-state index contributed by atoms with van der Waals surface area (Å²) in [6, 6.07) is 7.28. The highest BCUT2D eigenvalue weighted by atomic mass is 16.5. The van der Waals surface area contributed by atoms with Crippen molar-refractivity contribution in [1.29, 1.82) is 0 Å². The molecule has 0 aliphatic rings. The molecule has 1 rings (SSSR count). The molecule has 1 aromatic rings. The number of aldehydes is 1. The van der Waals surface area contributed by atoms with E-state index < -0.39 is 0 Å². The lowest BCUT2D eigenvalue weighted by Crippen LogP contribution is -2.01. The van der Waals surface area contributed by atoms with Gasteiger partial charge in [0, 0.05) is 6.42 Å². The number of rotatable bonds is 5. The van der Waals surface area contributed by atoms with Crippen LogP contribution in [0.15, 0.2) is 24.3 Å². The van der Waals surface area contributed by atoms with E-state index in [1.54, 1.807) is 12.1 Å². The first-order valence-corrected chi connectivity index (χ1v) is 4.13. The monoisotopic (exact) mass is 180 g/mol. The minimum atomic E-state index is -0.00208. The topological polar surface area (TPSA) is 46.5 Å². The van der Waals surface area contributed by atoms with E-state index in [4.69, 9.17) is 9.84 Å². The number of benzene rings is 1. The largest absolute Gasteiger partial charge is 0.491 e. The molecule has 0 radical (unpaired) electrons. The van der Waals surface area contributed by atoms with E-state index in [1.165, 1.54) is 0 Å². The highest BCUT2D eigenvalue weighted by molar-refractivity contribution is 5.55. The smallest absolute Gasteiger partial charge is 0.124 e. The van der Waals surface area contributed by atoms with Crippen molar-refractivity contribution in [2.45, 2.75) is 6.42 Å². The molecule has 0 saturated heterocycles. The molecule has 0 spiro atoms. The van der Waals surface area contributed by atoms with Crippen molar-refractivity contribution in [1.82, 2.24) is 0 Å². The molecule has 13 heavy (non-hydrogen) atoms. The first-order chi connectivity index (χ1) is 6.36. The average molecular weight is 180 g/mol. The van der Waals surface area contributed by atoms with Gasteiger partial charge in [0.15, 0.2) is 0 Å². The Morgan fingerprint density at radius 3 is 3.00 bits per heavy atom. The zero-order valence-corrected chi connectivity index (χ0v) is 7.27. The summed E-state index contributed by atoms with van der Waals surface area (Å²) < 4.78 is 5.18. The van der Waals surface area contributed by atoms with Crippen molar-refractivity contribution in [2.24, 2.45) is 0 Å². The molecule has 70 valence electrons. The van der Waals surface area contributed by atoms with Gasteiger partial charge in [0.2, 0.25) is 0 Å². The first-order valence-electron chi connectivity index (χ1n) is 4.13. The summed E-state index contributed by atoms with van der Waals surface area (Å²) >= 11 is 0. The summed E-state index contributed by atoms with van der Waals surface area (Å²) in [6.45, 7) is 0.280. The Kier molecular flexibility index (Phi) is 3.99. The third-order valence-electron chi connectivity index (χ3n) is 1.58. The second-order valence-corrected chi connectivity index (χ2v) is 2.59. The molecule has 0 fully saturated rings. The predicted octanol–water partition coefficient (Wildman–Crippen LogP) is 0.799. The molecule has 0 bridgehead atoms. The van der Waals surface area contributed by atoms with Crippen LogP contribution in [0.5, 0.6) is 5.75 Å². The Balaban J connectivity index is 2.61. The van der Waals surface area contributed by atoms with Crippen LogP contribution in [0, 0.1) is 0 Å². The number of aliphatic hydroxyl groups excluding tert-OH is 1. The van der Waals surface area contributed by atoms with E-state index in [9.17, 15) is 4.79 Å². The lowest BCUT2D eigenvalue weighted by atomic mass is 10.2. The molecular formula is C10H12O3. The van der Waals surface area contributed by atoms with Gasteiger partial charge >= 0.3 is 0 Å². The summed E-state index contributed by atoms with van der Waals surface area (Å²) in [5, 5.41) is 8.52. The van der Waals surface area contributed by atoms with Gasteiger partial charge in [-0.25, -0.2) is 0 Å². The van der Waals surface area contributed by atoms with Crippen LogP contribution in [-0.2, 0) is 11.2 Å². The Morgan fingerprint density at radius 2 is 2.31 bits per heavy atom. The Bertz CT molecular complexity index is 271. The van der Waals surface area contributed by atoms with Crippen molar-refractivity contribution in [2.75, 3.05) is 13.2 Å². The summed E-state index contributed by atoms with van der Waals surface area (Å²) in [5.41, 5.74) is 0.922. The van der Waals surface area contributed by atoms with Crippen LogP contribution >= 0.6 is 0 Å². The molecule has 0 aliphatic carbocycles. The molecule has 0 aliphatic heterocycles. The highest BCUT2D eigenvalue weighted by Crippen LogP contribution is 2.12. The summed E-state index contributed by atoms with van der Waals surface area (Å²) in [6.07, 6.45) is 1.25. The van der Waals surface area contributed by atoms with E-state index in [-0.39, 0.29) is 13.2 Å². The molecule has 1 aromatic carbocycles. The maximum absolute atomic E-state index is 10.2. The normalized spacial score (nSPS) is 9.62. The molecule has 0 atom stereocenters. The van der Waals surface area contributed by atoms with Crippen molar-refractivity contribution in [3.63, 3.8) is 0 Å². The minimum Gasteiger partial charge on any atom is -0.491 e.